The summed E-state index contributed by atoms with van der Waals surface area (Å²) in [5, 5.41) is 12.1. The monoisotopic (exact) mass is 258 g/mol. The summed E-state index contributed by atoms with van der Waals surface area (Å²) < 4.78 is 5.48. The molecular formula is C13H26N2O3. The van der Waals surface area contributed by atoms with Crippen molar-refractivity contribution in [3.05, 3.63) is 0 Å². The lowest BCUT2D eigenvalue weighted by Crippen LogP contribution is -2.58. The molecule has 0 aliphatic carbocycles. The molecule has 3 atom stereocenters. The van der Waals surface area contributed by atoms with E-state index in [1.807, 2.05) is 34.6 Å². The van der Waals surface area contributed by atoms with Crippen LogP contribution in [0.15, 0.2) is 0 Å². The van der Waals surface area contributed by atoms with E-state index in [9.17, 15) is 4.79 Å². The molecule has 0 saturated carbocycles. The highest BCUT2D eigenvalue weighted by Crippen LogP contribution is 2.15. The number of aliphatic hydroxyl groups excluding tert-OH is 1. The fourth-order valence-electron chi connectivity index (χ4n) is 2.11. The van der Waals surface area contributed by atoms with Crippen molar-refractivity contribution in [2.24, 2.45) is 0 Å². The molecule has 1 rings (SSSR count). The molecule has 0 aromatic heterocycles. The first-order chi connectivity index (χ1) is 8.24. The largest absolute Gasteiger partial charge is 0.394 e. The van der Waals surface area contributed by atoms with E-state index in [0.29, 0.717) is 13.2 Å². The molecule has 5 heteroatoms. The van der Waals surface area contributed by atoms with E-state index >= 15 is 0 Å². The third-order valence-electron chi connectivity index (χ3n) is 3.13. The number of carbonyl (C=O) groups excluding carboxylic acids is 1. The lowest BCUT2D eigenvalue weighted by atomic mass is 10.1. The highest BCUT2D eigenvalue weighted by Gasteiger charge is 2.33. The Bertz CT molecular complexity index is 288. The van der Waals surface area contributed by atoms with E-state index in [1.54, 1.807) is 0 Å². The van der Waals surface area contributed by atoms with Crippen molar-refractivity contribution in [2.75, 3.05) is 19.8 Å². The Balaban J connectivity index is 2.63. The molecule has 0 aromatic rings. The SMILES string of the molecule is CC1COC(CO)CN1C(C)C(=O)NC(C)(C)C. The number of hydrogen-bond acceptors (Lipinski definition) is 4. The number of carbonyl (C=O) groups is 1. The molecule has 0 spiro atoms. The van der Waals surface area contributed by atoms with Crippen LogP contribution in [0.1, 0.15) is 34.6 Å². The summed E-state index contributed by atoms with van der Waals surface area (Å²) in [6, 6.07) is -0.0225. The molecule has 0 bridgehead atoms. The average molecular weight is 258 g/mol. The van der Waals surface area contributed by atoms with Gasteiger partial charge in [-0.25, -0.2) is 0 Å². The maximum absolute atomic E-state index is 12.1. The Labute approximate surface area is 109 Å². The third-order valence-corrected chi connectivity index (χ3v) is 3.13. The van der Waals surface area contributed by atoms with Gasteiger partial charge in [0.05, 0.1) is 25.4 Å². The summed E-state index contributed by atoms with van der Waals surface area (Å²) in [7, 11) is 0. The molecule has 1 heterocycles. The summed E-state index contributed by atoms with van der Waals surface area (Å²) in [4.78, 5) is 14.2. The van der Waals surface area contributed by atoms with Crippen LogP contribution in [0.5, 0.6) is 0 Å². The summed E-state index contributed by atoms with van der Waals surface area (Å²) in [6.45, 7) is 11.0. The Morgan fingerprint density at radius 1 is 1.56 bits per heavy atom. The minimum atomic E-state index is -0.225. The van der Waals surface area contributed by atoms with Gasteiger partial charge < -0.3 is 15.2 Å². The van der Waals surface area contributed by atoms with Crippen LogP contribution in [-0.4, -0.2) is 59.4 Å². The van der Waals surface area contributed by atoms with Crippen molar-refractivity contribution in [1.82, 2.24) is 10.2 Å². The van der Waals surface area contributed by atoms with Gasteiger partial charge in [-0.05, 0) is 34.6 Å². The number of nitrogens with zero attached hydrogens (tertiary/aromatic N) is 1. The molecule has 2 N–H and O–H groups in total. The normalized spacial score (nSPS) is 27.9. The van der Waals surface area contributed by atoms with Crippen molar-refractivity contribution >= 4 is 5.91 Å². The molecular weight excluding hydrogens is 232 g/mol. The maximum atomic E-state index is 12.1. The molecule has 1 fully saturated rings. The predicted octanol–water partition coefficient (Wildman–Crippen LogP) is 0.371. The molecule has 18 heavy (non-hydrogen) atoms. The molecule has 5 nitrogen and oxygen atoms in total. The molecule has 0 radical (unpaired) electrons. The number of nitrogens with one attached hydrogen (secondary N) is 1. The Kier molecular flexibility index (Phi) is 5.13. The van der Waals surface area contributed by atoms with Crippen LogP contribution in [-0.2, 0) is 9.53 Å². The van der Waals surface area contributed by atoms with Crippen molar-refractivity contribution < 1.29 is 14.6 Å². The van der Waals surface area contributed by atoms with E-state index in [0.717, 1.165) is 0 Å². The van der Waals surface area contributed by atoms with Crippen molar-refractivity contribution in [3.63, 3.8) is 0 Å². The average Bonchev–Trinajstić information content (AvgIpc) is 2.26. The Morgan fingerprint density at radius 2 is 2.17 bits per heavy atom. The summed E-state index contributed by atoms with van der Waals surface area (Å²) in [5.41, 5.74) is -0.225. The molecule has 3 unspecified atom stereocenters. The fraction of sp³-hybridized carbons (Fsp3) is 0.923. The zero-order valence-corrected chi connectivity index (χ0v) is 12.1. The summed E-state index contributed by atoms with van der Waals surface area (Å²) >= 11 is 0. The quantitative estimate of drug-likeness (QED) is 0.768. The fourth-order valence-corrected chi connectivity index (χ4v) is 2.11. The number of rotatable bonds is 3. The first-order valence-corrected chi connectivity index (χ1v) is 6.55. The van der Waals surface area contributed by atoms with Gasteiger partial charge in [0.1, 0.15) is 0 Å². The minimum absolute atomic E-state index is 0.00314. The molecule has 1 amide bonds. The molecule has 1 aliphatic heterocycles. The maximum Gasteiger partial charge on any atom is 0.237 e. The van der Waals surface area contributed by atoms with Gasteiger partial charge in [-0.2, -0.15) is 0 Å². The molecule has 106 valence electrons. The van der Waals surface area contributed by atoms with Gasteiger partial charge >= 0.3 is 0 Å². The third kappa shape index (κ3) is 4.23. The van der Waals surface area contributed by atoms with Crippen LogP contribution in [0, 0.1) is 0 Å². The van der Waals surface area contributed by atoms with Crippen molar-refractivity contribution in [3.8, 4) is 0 Å². The van der Waals surface area contributed by atoms with Crippen LogP contribution < -0.4 is 5.32 Å². The van der Waals surface area contributed by atoms with Crippen LogP contribution in [0.4, 0.5) is 0 Å². The zero-order valence-electron chi connectivity index (χ0n) is 12.1. The number of ether oxygens (including phenoxy) is 1. The Morgan fingerprint density at radius 3 is 2.67 bits per heavy atom. The van der Waals surface area contributed by atoms with Crippen molar-refractivity contribution in [1.29, 1.82) is 0 Å². The topological polar surface area (TPSA) is 61.8 Å². The van der Waals surface area contributed by atoms with E-state index < -0.39 is 0 Å². The molecule has 1 aliphatic rings. The molecule has 0 aromatic carbocycles. The first kappa shape index (κ1) is 15.4. The zero-order chi connectivity index (χ0) is 13.9. The standard InChI is InChI=1S/C13H26N2O3/c1-9-8-18-11(7-16)6-15(9)10(2)12(17)14-13(3,4)5/h9-11,16H,6-8H2,1-5H3,(H,14,17). The van der Waals surface area contributed by atoms with E-state index in [-0.39, 0.29) is 36.2 Å². The number of hydrogen-bond donors (Lipinski definition) is 2. The second kappa shape index (κ2) is 5.99. The van der Waals surface area contributed by atoms with E-state index in [4.69, 9.17) is 9.84 Å². The van der Waals surface area contributed by atoms with Gasteiger partial charge in [0.15, 0.2) is 0 Å². The summed E-state index contributed by atoms with van der Waals surface area (Å²) in [5.74, 6) is 0.0212. The van der Waals surface area contributed by atoms with Gasteiger partial charge in [-0.3, -0.25) is 9.69 Å². The molecule has 1 saturated heterocycles. The smallest absolute Gasteiger partial charge is 0.237 e. The van der Waals surface area contributed by atoms with Gasteiger partial charge in [0, 0.05) is 18.1 Å². The van der Waals surface area contributed by atoms with Gasteiger partial charge in [-0.1, -0.05) is 0 Å². The van der Waals surface area contributed by atoms with E-state index in [2.05, 4.69) is 10.2 Å². The second-order valence-corrected chi connectivity index (χ2v) is 6.10. The second-order valence-electron chi connectivity index (χ2n) is 6.10. The Hall–Kier alpha value is -0.650. The van der Waals surface area contributed by atoms with Gasteiger partial charge in [0.25, 0.3) is 0 Å². The van der Waals surface area contributed by atoms with Crippen molar-refractivity contribution in [2.45, 2.75) is 58.3 Å². The lowest BCUT2D eigenvalue weighted by molar-refractivity contribution is -0.135. The van der Waals surface area contributed by atoms with Crippen LogP contribution in [0.2, 0.25) is 0 Å². The van der Waals surface area contributed by atoms with E-state index in [1.165, 1.54) is 0 Å². The minimum Gasteiger partial charge on any atom is -0.394 e. The van der Waals surface area contributed by atoms with Crippen LogP contribution >= 0.6 is 0 Å². The van der Waals surface area contributed by atoms with Crippen LogP contribution in [0.25, 0.3) is 0 Å². The van der Waals surface area contributed by atoms with Crippen LogP contribution in [0.3, 0.4) is 0 Å². The number of aliphatic hydroxyl groups is 1. The van der Waals surface area contributed by atoms with Gasteiger partial charge in [-0.15, -0.1) is 0 Å². The lowest BCUT2D eigenvalue weighted by Gasteiger charge is -2.41. The summed E-state index contributed by atoms with van der Waals surface area (Å²) in [6.07, 6.45) is -0.189. The number of amides is 1. The highest BCUT2D eigenvalue weighted by molar-refractivity contribution is 5.82. The highest BCUT2D eigenvalue weighted by atomic mass is 16.5. The predicted molar refractivity (Wildman–Crippen MR) is 70.4 cm³/mol. The first-order valence-electron chi connectivity index (χ1n) is 6.55. The van der Waals surface area contributed by atoms with Gasteiger partial charge in [0.2, 0.25) is 5.91 Å². The number of morpholine rings is 1.